The highest BCUT2D eigenvalue weighted by molar-refractivity contribution is 6.37. The Kier molecular flexibility index (Phi) is 8.17. The first-order chi connectivity index (χ1) is 21.9. The average Bonchev–Trinajstić information content (AvgIpc) is 3.50. The van der Waals surface area contributed by atoms with Crippen LogP contribution in [0.1, 0.15) is 12.8 Å². The van der Waals surface area contributed by atoms with E-state index < -0.39 is 6.17 Å². The van der Waals surface area contributed by atoms with Gasteiger partial charge in [-0.15, -0.1) is 0 Å². The van der Waals surface area contributed by atoms with Crippen molar-refractivity contribution < 1.29 is 13.9 Å². The molecule has 2 aliphatic heterocycles. The maximum absolute atomic E-state index is 13.0. The van der Waals surface area contributed by atoms with Crippen molar-refractivity contribution in [2.45, 2.75) is 19.0 Å². The van der Waals surface area contributed by atoms with Crippen LogP contribution in [0.4, 0.5) is 21.8 Å². The predicted molar refractivity (Wildman–Crippen MR) is 167 cm³/mol. The number of piperazine rings is 1. The number of hydrogen-bond acceptors (Lipinski definition) is 11. The number of rotatable bonds is 9. The predicted octanol–water partition coefficient (Wildman–Crippen LogP) is 4.39. The quantitative estimate of drug-likeness (QED) is 0.244. The molecule has 45 heavy (non-hydrogen) atoms. The molecule has 2 aliphatic rings. The number of carbonyl (C=O) groups is 1. The highest BCUT2D eigenvalue weighted by atomic mass is 35.5. The number of pyridine rings is 1. The summed E-state index contributed by atoms with van der Waals surface area (Å²) in [6.07, 6.45) is 6.75. The lowest BCUT2D eigenvalue weighted by molar-refractivity contribution is -0.131. The molecule has 0 saturated carbocycles. The zero-order valence-corrected chi connectivity index (χ0v) is 25.5. The Morgan fingerprint density at radius 2 is 1.82 bits per heavy atom. The molecule has 1 N–H and O–H groups in total. The van der Waals surface area contributed by atoms with Gasteiger partial charge in [0.15, 0.2) is 17.2 Å². The summed E-state index contributed by atoms with van der Waals surface area (Å²) in [7, 11) is 0. The Balaban J connectivity index is 1.01. The van der Waals surface area contributed by atoms with Crippen LogP contribution in [0, 0.1) is 0 Å². The monoisotopic (exact) mass is 651 g/mol. The van der Waals surface area contributed by atoms with Crippen molar-refractivity contribution in [2.24, 2.45) is 0 Å². The molecular formula is C29H28Cl2FN11O2. The number of amides is 1. The molecule has 2 fully saturated rings. The number of hydrogen-bond donors (Lipinski definition) is 1. The van der Waals surface area contributed by atoms with E-state index in [2.05, 4.69) is 30.4 Å². The Morgan fingerprint density at radius 1 is 1.02 bits per heavy atom. The van der Waals surface area contributed by atoms with Gasteiger partial charge in [0, 0.05) is 63.6 Å². The van der Waals surface area contributed by atoms with Gasteiger partial charge in [-0.2, -0.15) is 5.10 Å². The summed E-state index contributed by atoms with van der Waals surface area (Å²) >= 11 is 13.2. The van der Waals surface area contributed by atoms with Crippen LogP contribution < -0.4 is 15.0 Å². The summed E-state index contributed by atoms with van der Waals surface area (Å²) in [6, 6.07) is 6.84. The largest absolute Gasteiger partial charge is 0.454 e. The second-order valence-corrected chi connectivity index (χ2v) is 11.7. The molecular weight excluding hydrogens is 624 g/mol. The number of nitrogens with zero attached hydrogens (tertiary/aromatic N) is 10. The summed E-state index contributed by atoms with van der Waals surface area (Å²) in [4.78, 5) is 40.9. The standard InChI is InChI=1S/C29H28Cl2FN11O2/c30-21-10-19(11-22(31)27(21)45-20-3-5-43-24(12-20)35-17-37-43)38-28-26-23(34-16-36-28)13-33-29(39-26)42-8-6-41(7-9-42)25(44)2-1-4-40-14-18(32)15-40/h3,5,10-13,16-18H,1-2,4,6-9,14-15H2,(H,34,36,38). The highest BCUT2D eigenvalue weighted by Gasteiger charge is 2.27. The minimum absolute atomic E-state index is 0.122. The molecule has 0 bridgehead atoms. The van der Waals surface area contributed by atoms with E-state index in [4.69, 9.17) is 32.9 Å². The lowest BCUT2D eigenvalue weighted by Gasteiger charge is -2.36. The van der Waals surface area contributed by atoms with E-state index in [0.29, 0.717) is 101 Å². The van der Waals surface area contributed by atoms with E-state index in [0.717, 1.165) is 13.0 Å². The Morgan fingerprint density at radius 3 is 2.60 bits per heavy atom. The summed E-state index contributed by atoms with van der Waals surface area (Å²) < 4.78 is 20.6. The number of carbonyl (C=O) groups excluding carboxylic acids is 1. The van der Waals surface area contributed by atoms with Crippen molar-refractivity contribution in [3.8, 4) is 11.5 Å². The van der Waals surface area contributed by atoms with Crippen LogP contribution in [0.5, 0.6) is 11.5 Å². The van der Waals surface area contributed by atoms with E-state index in [-0.39, 0.29) is 5.91 Å². The van der Waals surface area contributed by atoms with Gasteiger partial charge in [-0.3, -0.25) is 9.69 Å². The molecule has 0 atom stereocenters. The molecule has 5 aromatic rings. The number of fused-ring (bicyclic) bond motifs is 2. The molecule has 0 unspecified atom stereocenters. The fraction of sp³-hybridized carbons (Fsp3) is 0.345. The Hall–Kier alpha value is -4.40. The van der Waals surface area contributed by atoms with Crippen LogP contribution in [0.3, 0.4) is 0 Å². The van der Waals surface area contributed by atoms with Gasteiger partial charge in [0.05, 0.1) is 16.2 Å². The molecule has 1 amide bonds. The van der Waals surface area contributed by atoms with Crippen LogP contribution in [0.15, 0.2) is 49.3 Å². The molecule has 0 aliphatic carbocycles. The molecule has 1 aromatic carbocycles. The van der Waals surface area contributed by atoms with Gasteiger partial charge in [0.25, 0.3) is 0 Å². The number of aromatic nitrogens is 7. The molecule has 16 heteroatoms. The molecule has 7 rings (SSSR count). The summed E-state index contributed by atoms with van der Waals surface area (Å²) in [5, 5.41) is 7.91. The third kappa shape index (κ3) is 6.39. The fourth-order valence-corrected chi connectivity index (χ4v) is 5.95. The highest BCUT2D eigenvalue weighted by Crippen LogP contribution is 2.40. The summed E-state index contributed by atoms with van der Waals surface area (Å²) in [5.74, 6) is 1.91. The molecule has 2 saturated heterocycles. The number of halogens is 3. The van der Waals surface area contributed by atoms with Crippen LogP contribution in [0.2, 0.25) is 10.0 Å². The summed E-state index contributed by atoms with van der Waals surface area (Å²) in [6.45, 7) is 4.06. The van der Waals surface area contributed by atoms with Gasteiger partial charge in [-0.1, -0.05) is 23.2 Å². The molecule has 6 heterocycles. The van der Waals surface area contributed by atoms with Crippen molar-refractivity contribution in [3.63, 3.8) is 0 Å². The number of alkyl halides is 1. The van der Waals surface area contributed by atoms with Crippen molar-refractivity contribution in [1.29, 1.82) is 0 Å². The number of benzene rings is 1. The van der Waals surface area contributed by atoms with Gasteiger partial charge >= 0.3 is 0 Å². The maximum Gasteiger partial charge on any atom is 0.226 e. The maximum atomic E-state index is 13.0. The lowest BCUT2D eigenvalue weighted by Crippen LogP contribution is -2.50. The average molecular weight is 653 g/mol. The number of nitrogens with one attached hydrogen (secondary N) is 1. The minimum Gasteiger partial charge on any atom is -0.454 e. The minimum atomic E-state index is -0.720. The van der Waals surface area contributed by atoms with Crippen molar-refractivity contribution in [3.05, 3.63) is 59.4 Å². The molecule has 0 radical (unpaired) electrons. The van der Waals surface area contributed by atoms with E-state index >= 15 is 0 Å². The second-order valence-electron chi connectivity index (χ2n) is 10.9. The van der Waals surface area contributed by atoms with E-state index in [9.17, 15) is 9.18 Å². The number of ether oxygens (including phenoxy) is 1. The van der Waals surface area contributed by atoms with Crippen molar-refractivity contribution >= 4 is 63.2 Å². The van der Waals surface area contributed by atoms with Gasteiger partial charge in [-0.25, -0.2) is 33.8 Å². The van der Waals surface area contributed by atoms with Crippen LogP contribution >= 0.6 is 23.2 Å². The first-order valence-corrected chi connectivity index (χ1v) is 15.3. The first kappa shape index (κ1) is 29.3. The van der Waals surface area contributed by atoms with Crippen LogP contribution in [-0.4, -0.2) is 102 Å². The van der Waals surface area contributed by atoms with Gasteiger partial charge in [-0.05, 0) is 31.2 Å². The molecule has 4 aromatic heterocycles. The SMILES string of the molecule is O=C(CCCN1CC(F)C1)N1CCN(c2ncc3ncnc(Nc4cc(Cl)c(Oc5ccn6ncnc6c5)c(Cl)c4)c3n2)CC1. The Bertz CT molecular complexity index is 1840. The first-order valence-electron chi connectivity index (χ1n) is 14.5. The Labute approximate surface area is 267 Å². The smallest absolute Gasteiger partial charge is 0.226 e. The lowest BCUT2D eigenvalue weighted by atomic mass is 10.1. The molecule has 13 nitrogen and oxygen atoms in total. The topological polar surface area (TPSA) is 130 Å². The molecule has 0 spiro atoms. The number of anilines is 3. The number of likely N-dealkylation sites (tertiary alicyclic amines) is 1. The third-order valence-corrected chi connectivity index (χ3v) is 8.35. The fourth-order valence-electron chi connectivity index (χ4n) is 5.39. The van der Waals surface area contributed by atoms with E-state index in [1.54, 1.807) is 41.2 Å². The van der Waals surface area contributed by atoms with Crippen molar-refractivity contribution in [1.82, 2.24) is 44.3 Å². The van der Waals surface area contributed by atoms with E-state index in [1.807, 2.05) is 14.7 Å². The van der Waals surface area contributed by atoms with E-state index in [1.165, 1.54) is 12.7 Å². The van der Waals surface area contributed by atoms with Gasteiger partial charge in [0.2, 0.25) is 11.9 Å². The van der Waals surface area contributed by atoms with Crippen molar-refractivity contribution in [2.75, 3.05) is 56.0 Å². The third-order valence-electron chi connectivity index (χ3n) is 7.79. The summed E-state index contributed by atoms with van der Waals surface area (Å²) in [5.41, 5.74) is 2.29. The van der Waals surface area contributed by atoms with Crippen LogP contribution in [0.25, 0.3) is 16.7 Å². The van der Waals surface area contributed by atoms with Gasteiger partial charge < -0.3 is 19.9 Å². The second kappa shape index (κ2) is 12.5. The molecule has 232 valence electrons. The van der Waals surface area contributed by atoms with Crippen LogP contribution in [-0.2, 0) is 4.79 Å². The zero-order valence-electron chi connectivity index (χ0n) is 24.0. The normalized spacial score (nSPS) is 15.9. The zero-order chi connectivity index (χ0) is 30.9. The van der Waals surface area contributed by atoms with Gasteiger partial charge in [0.1, 0.15) is 35.6 Å².